The van der Waals surface area contributed by atoms with Crippen molar-refractivity contribution >= 4 is 12.2 Å². The highest BCUT2D eigenvalue weighted by Crippen LogP contribution is 2.16. The van der Waals surface area contributed by atoms with Crippen LogP contribution in [0, 0.1) is 13.8 Å². The second kappa shape index (κ2) is 4.40. The van der Waals surface area contributed by atoms with Gasteiger partial charge >= 0.3 is 0 Å². The van der Waals surface area contributed by atoms with Crippen molar-refractivity contribution in [1.29, 1.82) is 0 Å². The van der Waals surface area contributed by atoms with Crippen LogP contribution >= 0.6 is 0 Å². The van der Waals surface area contributed by atoms with E-state index in [1.807, 2.05) is 7.05 Å². The van der Waals surface area contributed by atoms with Gasteiger partial charge in [-0.05, 0) is 42.2 Å². The molecule has 1 nitrogen and oxygen atoms in total. The molecule has 0 radical (unpaired) electrons. The van der Waals surface area contributed by atoms with Crippen LogP contribution in [0.2, 0.25) is 0 Å². The van der Waals surface area contributed by atoms with Crippen molar-refractivity contribution in [3.05, 3.63) is 58.9 Å². The Labute approximate surface area is 97.0 Å². The van der Waals surface area contributed by atoms with E-state index in [9.17, 15) is 0 Å². The van der Waals surface area contributed by atoms with Crippen LogP contribution in [0.5, 0.6) is 0 Å². The fourth-order valence-electron chi connectivity index (χ4n) is 1.89. The summed E-state index contributed by atoms with van der Waals surface area (Å²) < 4.78 is 2.06. The molecular weight excluding hydrogens is 194 g/mol. The molecule has 1 heteroatoms. The number of rotatable bonds is 2. The summed E-state index contributed by atoms with van der Waals surface area (Å²) in [6, 6.07) is 8.52. The van der Waals surface area contributed by atoms with Crippen LogP contribution in [0.3, 0.4) is 0 Å². The van der Waals surface area contributed by atoms with Gasteiger partial charge in [-0.1, -0.05) is 30.4 Å². The number of hydrogen-bond acceptors (Lipinski definition) is 0. The molecule has 0 aliphatic rings. The molecule has 1 heterocycles. The molecule has 0 saturated heterocycles. The Morgan fingerprint density at radius 3 is 2.25 bits per heavy atom. The van der Waals surface area contributed by atoms with Crippen LogP contribution in [0.15, 0.2) is 36.7 Å². The van der Waals surface area contributed by atoms with Crippen molar-refractivity contribution in [2.45, 2.75) is 13.8 Å². The van der Waals surface area contributed by atoms with E-state index in [-0.39, 0.29) is 0 Å². The lowest BCUT2D eigenvalue weighted by atomic mass is 10.0. The maximum atomic E-state index is 2.19. The molecule has 0 spiro atoms. The van der Waals surface area contributed by atoms with Crippen molar-refractivity contribution in [3.63, 3.8) is 0 Å². The van der Waals surface area contributed by atoms with Gasteiger partial charge in [-0.25, -0.2) is 0 Å². The number of aromatic nitrogens is 1. The molecule has 2 rings (SSSR count). The minimum absolute atomic E-state index is 1.24. The highest BCUT2D eigenvalue weighted by Gasteiger charge is 1.97. The fraction of sp³-hybridized carbons (Fsp3) is 0.200. The minimum Gasteiger partial charge on any atom is -0.357 e. The zero-order chi connectivity index (χ0) is 11.5. The normalized spacial score (nSPS) is 11.2. The Kier molecular flexibility index (Phi) is 2.95. The number of nitrogens with zero attached hydrogens (tertiary/aromatic N) is 1. The molecule has 0 aliphatic heterocycles. The molecule has 1 aromatic heterocycles. The Hall–Kier alpha value is -1.76. The molecule has 0 fully saturated rings. The number of hydrogen-bond donors (Lipinski definition) is 0. The fourth-order valence-corrected chi connectivity index (χ4v) is 1.89. The third-order valence-electron chi connectivity index (χ3n) is 2.84. The first-order valence-corrected chi connectivity index (χ1v) is 5.53. The predicted octanol–water partition coefficient (Wildman–Crippen LogP) is 3.81. The van der Waals surface area contributed by atoms with Gasteiger partial charge < -0.3 is 4.57 Å². The van der Waals surface area contributed by atoms with E-state index >= 15 is 0 Å². The molecule has 0 amide bonds. The standard InChI is InChI=1S/C15H17N/c1-12-5-4-6-13(2)15(12)8-7-14-9-10-16(3)11-14/h4-11H,1-3H3/b8-7+. The summed E-state index contributed by atoms with van der Waals surface area (Å²) in [5.74, 6) is 0. The smallest absolute Gasteiger partial charge is 0.0106 e. The summed E-state index contributed by atoms with van der Waals surface area (Å²) in [5, 5.41) is 0. The summed E-state index contributed by atoms with van der Waals surface area (Å²) in [6.07, 6.45) is 8.53. The Bertz CT molecular complexity index is 498. The van der Waals surface area contributed by atoms with Gasteiger partial charge in [0.25, 0.3) is 0 Å². The molecule has 0 aliphatic carbocycles. The molecule has 0 atom stereocenters. The third kappa shape index (κ3) is 2.25. The number of benzene rings is 1. The molecular formula is C15H17N. The first-order valence-electron chi connectivity index (χ1n) is 5.53. The van der Waals surface area contributed by atoms with Crippen molar-refractivity contribution < 1.29 is 0 Å². The van der Waals surface area contributed by atoms with Crippen molar-refractivity contribution in [2.24, 2.45) is 7.05 Å². The predicted molar refractivity (Wildman–Crippen MR) is 70.3 cm³/mol. The maximum Gasteiger partial charge on any atom is 0.0106 e. The van der Waals surface area contributed by atoms with E-state index in [4.69, 9.17) is 0 Å². The molecule has 0 N–H and O–H groups in total. The maximum absolute atomic E-state index is 2.19. The SMILES string of the molecule is Cc1cccc(C)c1/C=C/c1ccn(C)c1. The van der Waals surface area contributed by atoms with Crippen molar-refractivity contribution in [1.82, 2.24) is 4.57 Å². The lowest BCUT2D eigenvalue weighted by Gasteiger charge is -2.03. The Morgan fingerprint density at radius 2 is 1.69 bits per heavy atom. The molecule has 16 heavy (non-hydrogen) atoms. The van der Waals surface area contributed by atoms with Crippen LogP contribution in [0.1, 0.15) is 22.3 Å². The van der Waals surface area contributed by atoms with Gasteiger partial charge in [0.2, 0.25) is 0 Å². The topological polar surface area (TPSA) is 4.93 Å². The Morgan fingerprint density at radius 1 is 1.00 bits per heavy atom. The molecule has 82 valence electrons. The van der Waals surface area contributed by atoms with Gasteiger partial charge in [-0.3, -0.25) is 0 Å². The van der Waals surface area contributed by atoms with Crippen LogP contribution in [-0.4, -0.2) is 4.57 Å². The van der Waals surface area contributed by atoms with Gasteiger partial charge in [-0.15, -0.1) is 0 Å². The minimum atomic E-state index is 1.24. The second-order valence-electron chi connectivity index (χ2n) is 4.25. The van der Waals surface area contributed by atoms with E-state index in [0.29, 0.717) is 0 Å². The highest BCUT2D eigenvalue weighted by atomic mass is 14.9. The zero-order valence-corrected chi connectivity index (χ0v) is 10.1. The van der Waals surface area contributed by atoms with E-state index in [1.54, 1.807) is 0 Å². The van der Waals surface area contributed by atoms with Crippen LogP contribution < -0.4 is 0 Å². The third-order valence-corrected chi connectivity index (χ3v) is 2.84. The van der Waals surface area contributed by atoms with Crippen LogP contribution in [0.4, 0.5) is 0 Å². The average molecular weight is 211 g/mol. The van der Waals surface area contributed by atoms with E-state index < -0.39 is 0 Å². The highest BCUT2D eigenvalue weighted by molar-refractivity contribution is 5.72. The quantitative estimate of drug-likeness (QED) is 0.711. The van der Waals surface area contributed by atoms with Crippen LogP contribution in [0.25, 0.3) is 12.2 Å². The molecule has 0 bridgehead atoms. The molecule has 2 aromatic rings. The van der Waals surface area contributed by atoms with E-state index in [1.165, 1.54) is 22.3 Å². The summed E-state index contributed by atoms with van der Waals surface area (Å²) >= 11 is 0. The van der Waals surface area contributed by atoms with Gasteiger partial charge in [-0.2, -0.15) is 0 Å². The van der Waals surface area contributed by atoms with Gasteiger partial charge in [0.15, 0.2) is 0 Å². The lowest BCUT2D eigenvalue weighted by molar-refractivity contribution is 0.927. The van der Waals surface area contributed by atoms with Crippen LogP contribution in [-0.2, 0) is 7.05 Å². The summed E-state index contributed by atoms with van der Waals surface area (Å²) in [5.41, 5.74) is 5.22. The zero-order valence-electron chi connectivity index (χ0n) is 10.1. The largest absolute Gasteiger partial charge is 0.357 e. The van der Waals surface area contributed by atoms with Crippen molar-refractivity contribution in [3.8, 4) is 0 Å². The van der Waals surface area contributed by atoms with E-state index in [0.717, 1.165) is 0 Å². The molecule has 1 aromatic carbocycles. The first-order chi connectivity index (χ1) is 7.66. The second-order valence-corrected chi connectivity index (χ2v) is 4.25. The van der Waals surface area contributed by atoms with Gasteiger partial charge in [0.05, 0.1) is 0 Å². The van der Waals surface area contributed by atoms with Crippen molar-refractivity contribution in [2.75, 3.05) is 0 Å². The average Bonchev–Trinajstić information content (AvgIpc) is 2.63. The summed E-state index contributed by atoms with van der Waals surface area (Å²) in [6.45, 7) is 4.30. The molecule has 0 saturated carbocycles. The summed E-state index contributed by atoms with van der Waals surface area (Å²) in [4.78, 5) is 0. The van der Waals surface area contributed by atoms with E-state index in [2.05, 4.69) is 67.2 Å². The molecule has 0 unspecified atom stereocenters. The number of aryl methyl sites for hydroxylation is 3. The van der Waals surface area contributed by atoms with Gasteiger partial charge in [0.1, 0.15) is 0 Å². The lowest BCUT2D eigenvalue weighted by Crippen LogP contribution is -1.84. The monoisotopic (exact) mass is 211 g/mol. The summed E-state index contributed by atoms with van der Waals surface area (Å²) in [7, 11) is 2.04. The Balaban J connectivity index is 2.30. The first kappa shape index (κ1) is 10.7. The van der Waals surface area contributed by atoms with Gasteiger partial charge in [0, 0.05) is 19.4 Å².